The number of ether oxygens (including phenoxy) is 1. The molecule has 0 spiro atoms. The molecular formula is C15H16N2OS. The number of hydrogen-bond acceptors (Lipinski definition) is 3. The third-order valence-corrected chi connectivity index (χ3v) is 3.01. The monoisotopic (exact) mass is 272 g/mol. The highest BCUT2D eigenvalue weighted by molar-refractivity contribution is 7.80. The molecule has 0 bridgehead atoms. The lowest BCUT2D eigenvalue weighted by atomic mass is 10.1. The summed E-state index contributed by atoms with van der Waals surface area (Å²) in [7, 11) is 1.65. The van der Waals surface area contributed by atoms with Crippen LogP contribution in [-0.2, 0) is 0 Å². The maximum absolute atomic E-state index is 5.74. The summed E-state index contributed by atoms with van der Waals surface area (Å²) in [5.41, 5.74) is 9.56. The largest absolute Gasteiger partial charge is 0.497 e. The van der Waals surface area contributed by atoms with Gasteiger partial charge in [-0.3, -0.25) is 0 Å². The Morgan fingerprint density at radius 1 is 1.21 bits per heavy atom. The maximum Gasteiger partial charge on any atom is 0.120 e. The van der Waals surface area contributed by atoms with Crippen molar-refractivity contribution < 1.29 is 4.74 Å². The molecule has 4 heteroatoms. The number of rotatable bonds is 4. The molecule has 2 rings (SSSR count). The van der Waals surface area contributed by atoms with Crippen molar-refractivity contribution in [3.8, 4) is 5.75 Å². The minimum Gasteiger partial charge on any atom is -0.497 e. The fraction of sp³-hybridized carbons (Fsp3) is 0.133. The van der Waals surface area contributed by atoms with Crippen molar-refractivity contribution in [1.82, 2.24) is 0 Å². The van der Waals surface area contributed by atoms with Crippen molar-refractivity contribution in [2.45, 2.75) is 6.92 Å². The highest BCUT2D eigenvalue weighted by atomic mass is 32.1. The second-order valence-corrected chi connectivity index (χ2v) is 4.71. The summed E-state index contributed by atoms with van der Waals surface area (Å²) in [5.74, 6) is 0.800. The first-order valence-electron chi connectivity index (χ1n) is 5.91. The molecule has 19 heavy (non-hydrogen) atoms. The topological polar surface area (TPSA) is 47.3 Å². The van der Waals surface area contributed by atoms with Gasteiger partial charge in [-0.25, -0.2) is 0 Å². The van der Waals surface area contributed by atoms with Crippen LogP contribution < -0.4 is 15.8 Å². The van der Waals surface area contributed by atoms with E-state index in [4.69, 9.17) is 22.7 Å². The van der Waals surface area contributed by atoms with Crippen LogP contribution in [0.5, 0.6) is 5.75 Å². The van der Waals surface area contributed by atoms with Crippen LogP contribution in [0.25, 0.3) is 0 Å². The lowest BCUT2D eigenvalue weighted by molar-refractivity contribution is 0.415. The van der Waals surface area contributed by atoms with Crippen LogP contribution in [-0.4, -0.2) is 12.1 Å². The Hall–Kier alpha value is -2.07. The van der Waals surface area contributed by atoms with Crippen LogP contribution in [0.2, 0.25) is 0 Å². The molecule has 0 fully saturated rings. The van der Waals surface area contributed by atoms with Crippen LogP contribution in [0.1, 0.15) is 11.1 Å². The number of nitrogens with two attached hydrogens (primary N) is 1. The van der Waals surface area contributed by atoms with Crippen LogP contribution in [0.15, 0.2) is 42.5 Å². The maximum atomic E-state index is 5.74. The highest BCUT2D eigenvalue weighted by Crippen LogP contribution is 2.25. The van der Waals surface area contributed by atoms with Gasteiger partial charge in [0.2, 0.25) is 0 Å². The van der Waals surface area contributed by atoms with Crippen molar-refractivity contribution >= 4 is 28.6 Å². The first-order valence-corrected chi connectivity index (χ1v) is 6.32. The Labute approximate surface area is 118 Å². The predicted molar refractivity (Wildman–Crippen MR) is 83.3 cm³/mol. The Bertz CT molecular complexity index is 611. The molecule has 0 atom stereocenters. The molecule has 3 N–H and O–H groups in total. The third kappa shape index (κ3) is 3.23. The number of nitrogens with one attached hydrogen (secondary N) is 1. The Kier molecular flexibility index (Phi) is 4.02. The fourth-order valence-electron chi connectivity index (χ4n) is 1.83. The molecule has 0 saturated carbocycles. The first-order chi connectivity index (χ1) is 9.10. The number of benzene rings is 2. The number of thiocarbonyl (C=S) groups is 1. The quantitative estimate of drug-likeness (QED) is 0.838. The molecule has 0 saturated heterocycles. The van der Waals surface area contributed by atoms with Gasteiger partial charge in [0.15, 0.2) is 0 Å². The summed E-state index contributed by atoms with van der Waals surface area (Å²) in [5, 5.41) is 3.32. The van der Waals surface area contributed by atoms with E-state index >= 15 is 0 Å². The first kappa shape index (κ1) is 13.4. The van der Waals surface area contributed by atoms with Crippen molar-refractivity contribution in [1.29, 1.82) is 0 Å². The van der Waals surface area contributed by atoms with Gasteiger partial charge < -0.3 is 15.8 Å². The van der Waals surface area contributed by atoms with E-state index < -0.39 is 0 Å². The van der Waals surface area contributed by atoms with E-state index in [0.717, 1.165) is 28.3 Å². The van der Waals surface area contributed by atoms with Crippen LogP contribution in [0.4, 0.5) is 11.4 Å². The lowest BCUT2D eigenvalue weighted by Crippen LogP contribution is -2.12. The van der Waals surface area contributed by atoms with Crippen LogP contribution in [0, 0.1) is 6.92 Å². The third-order valence-electron chi connectivity index (χ3n) is 2.79. The molecule has 0 aliphatic carbocycles. The minimum atomic E-state index is 0.380. The number of anilines is 2. The Balaban J connectivity index is 2.36. The van der Waals surface area contributed by atoms with Gasteiger partial charge in [-0.2, -0.15) is 0 Å². The van der Waals surface area contributed by atoms with Crippen molar-refractivity contribution in [3.05, 3.63) is 53.6 Å². The summed E-state index contributed by atoms with van der Waals surface area (Å²) in [4.78, 5) is 0.380. The van der Waals surface area contributed by atoms with E-state index in [1.807, 2.05) is 49.4 Å². The zero-order valence-electron chi connectivity index (χ0n) is 10.9. The number of hydrogen-bond donors (Lipinski definition) is 2. The van der Waals surface area contributed by atoms with Crippen molar-refractivity contribution in [2.75, 3.05) is 12.4 Å². The van der Waals surface area contributed by atoms with Gasteiger partial charge >= 0.3 is 0 Å². The Morgan fingerprint density at radius 3 is 2.68 bits per heavy atom. The molecule has 0 aliphatic rings. The van der Waals surface area contributed by atoms with Gasteiger partial charge in [-0.15, -0.1) is 0 Å². The summed E-state index contributed by atoms with van der Waals surface area (Å²) >= 11 is 5.07. The van der Waals surface area contributed by atoms with Crippen molar-refractivity contribution in [3.63, 3.8) is 0 Å². The number of aryl methyl sites for hydroxylation is 1. The summed E-state index contributed by atoms with van der Waals surface area (Å²) in [6.07, 6.45) is 0. The SMILES string of the molecule is COc1cccc(Nc2cc(C)ccc2C(N)=S)c1. The zero-order valence-corrected chi connectivity index (χ0v) is 11.8. The van der Waals surface area contributed by atoms with Gasteiger partial charge in [0.25, 0.3) is 0 Å². The standard InChI is InChI=1S/C15H16N2OS/c1-10-6-7-13(15(16)19)14(8-10)17-11-4-3-5-12(9-11)18-2/h3-9,17H,1-2H3,(H2,16,19). The summed E-state index contributed by atoms with van der Waals surface area (Å²) in [6, 6.07) is 13.7. The van der Waals surface area contributed by atoms with E-state index in [0.29, 0.717) is 4.99 Å². The molecule has 3 nitrogen and oxygen atoms in total. The summed E-state index contributed by atoms with van der Waals surface area (Å²) in [6.45, 7) is 2.03. The highest BCUT2D eigenvalue weighted by Gasteiger charge is 2.06. The van der Waals surface area contributed by atoms with Gasteiger partial charge in [-0.05, 0) is 36.8 Å². The molecule has 0 unspecified atom stereocenters. The molecule has 0 aliphatic heterocycles. The smallest absolute Gasteiger partial charge is 0.120 e. The van der Waals surface area contributed by atoms with Gasteiger partial charge in [0, 0.05) is 23.0 Å². The van der Waals surface area contributed by atoms with Crippen LogP contribution >= 0.6 is 12.2 Å². The van der Waals surface area contributed by atoms with E-state index in [9.17, 15) is 0 Å². The molecule has 98 valence electrons. The Morgan fingerprint density at radius 2 is 2.00 bits per heavy atom. The molecule has 2 aromatic rings. The van der Waals surface area contributed by atoms with Gasteiger partial charge in [0.05, 0.1) is 7.11 Å². The lowest BCUT2D eigenvalue weighted by Gasteiger charge is -2.13. The average Bonchev–Trinajstić information content (AvgIpc) is 2.38. The molecule has 0 radical (unpaired) electrons. The molecular weight excluding hydrogens is 256 g/mol. The van der Waals surface area contributed by atoms with E-state index in [1.54, 1.807) is 7.11 Å². The van der Waals surface area contributed by atoms with E-state index in [-0.39, 0.29) is 0 Å². The van der Waals surface area contributed by atoms with E-state index in [1.165, 1.54) is 0 Å². The summed E-state index contributed by atoms with van der Waals surface area (Å²) < 4.78 is 5.20. The number of methoxy groups -OCH3 is 1. The molecule has 2 aromatic carbocycles. The van der Waals surface area contributed by atoms with Crippen molar-refractivity contribution in [2.24, 2.45) is 5.73 Å². The normalized spacial score (nSPS) is 10.0. The van der Waals surface area contributed by atoms with Gasteiger partial charge in [-0.1, -0.05) is 24.4 Å². The van der Waals surface area contributed by atoms with E-state index in [2.05, 4.69) is 5.32 Å². The fourth-order valence-corrected chi connectivity index (χ4v) is 2.01. The van der Waals surface area contributed by atoms with Gasteiger partial charge in [0.1, 0.15) is 10.7 Å². The van der Waals surface area contributed by atoms with Crippen LogP contribution in [0.3, 0.4) is 0 Å². The average molecular weight is 272 g/mol. The second-order valence-electron chi connectivity index (χ2n) is 4.27. The predicted octanol–water partition coefficient (Wildman–Crippen LogP) is 3.38. The molecule has 0 amide bonds. The minimum absolute atomic E-state index is 0.380. The second kappa shape index (κ2) is 5.71. The zero-order chi connectivity index (χ0) is 13.8. The molecule has 0 heterocycles. The molecule has 0 aromatic heterocycles.